The smallest absolute Gasteiger partial charge is 0.412 e. The van der Waals surface area contributed by atoms with Gasteiger partial charge in [0.15, 0.2) is 0 Å². The summed E-state index contributed by atoms with van der Waals surface area (Å²) in [6.07, 6.45) is 5.76. The molecule has 0 saturated carbocycles. The molecule has 2 aromatic rings. The van der Waals surface area contributed by atoms with E-state index < -0.39 is 11.7 Å². The highest BCUT2D eigenvalue weighted by molar-refractivity contribution is 5.85. The van der Waals surface area contributed by atoms with Crippen LogP contribution in [0.2, 0.25) is 0 Å². The minimum atomic E-state index is -0.504. The lowest BCUT2D eigenvalue weighted by Gasteiger charge is -2.32. The van der Waals surface area contributed by atoms with Gasteiger partial charge >= 0.3 is 6.09 Å². The van der Waals surface area contributed by atoms with Gasteiger partial charge in [-0.15, -0.1) is 0 Å². The van der Waals surface area contributed by atoms with Crippen molar-refractivity contribution in [2.75, 3.05) is 30.3 Å². The number of hydrogen-bond donors (Lipinski definition) is 2. The number of anilines is 2. The van der Waals surface area contributed by atoms with Crippen molar-refractivity contribution in [2.45, 2.75) is 65.0 Å². The number of aromatic nitrogens is 1. The molecule has 31 heavy (non-hydrogen) atoms. The lowest BCUT2D eigenvalue weighted by Crippen LogP contribution is -2.39. The summed E-state index contributed by atoms with van der Waals surface area (Å²) in [5.74, 6) is 0.971. The van der Waals surface area contributed by atoms with Crippen LogP contribution in [0.4, 0.5) is 16.3 Å². The number of rotatable bonds is 7. The third-order valence-electron chi connectivity index (χ3n) is 5.42. The molecule has 1 saturated heterocycles. The van der Waals surface area contributed by atoms with E-state index in [9.17, 15) is 4.79 Å². The van der Waals surface area contributed by atoms with Crippen LogP contribution < -0.4 is 10.6 Å². The molecule has 0 aliphatic carbocycles. The number of likely N-dealkylation sites (tertiary alicyclic amines) is 1. The third kappa shape index (κ3) is 7.87. The van der Waals surface area contributed by atoms with Gasteiger partial charge in [0, 0.05) is 31.0 Å². The minimum absolute atomic E-state index is 0.405. The van der Waals surface area contributed by atoms with Gasteiger partial charge in [-0.05, 0) is 83.2 Å². The lowest BCUT2D eigenvalue weighted by molar-refractivity contribution is 0.0636. The van der Waals surface area contributed by atoms with E-state index in [1.807, 2.05) is 45.2 Å². The minimum Gasteiger partial charge on any atom is -0.444 e. The lowest BCUT2D eigenvalue weighted by atomic mass is 10.0. The van der Waals surface area contributed by atoms with E-state index in [-0.39, 0.29) is 0 Å². The normalized spacial score (nSPS) is 15.5. The summed E-state index contributed by atoms with van der Waals surface area (Å²) in [6, 6.07) is 12.6. The first kappa shape index (κ1) is 23.1. The van der Waals surface area contributed by atoms with Crippen molar-refractivity contribution in [3.63, 3.8) is 0 Å². The van der Waals surface area contributed by atoms with E-state index in [0.717, 1.165) is 62.4 Å². The number of carbonyl (C=O) groups is 1. The van der Waals surface area contributed by atoms with Crippen LogP contribution in [0.1, 0.15) is 51.2 Å². The second-order valence-electron chi connectivity index (χ2n) is 9.37. The number of benzene rings is 1. The first-order chi connectivity index (χ1) is 14.8. The summed E-state index contributed by atoms with van der Waals surface area (Å²) in [7, 11) is 0. The molecule has 0 bridgehead atoms. The number of hydrogen-bond acceptors (Lipinski definition) is 5. The van der Waals surface area contributed by atoms with Crippen molar-refractivity contribution in [3.05, 3.63) is 53.7 Å². The molecule has 3 rings (SSSR count). The van der Waals surface area contributed by atoms with Crippen molar-refractivity contribution < 1.29 is 9.53 Å². The molecule has 1 fully saturated rings. The molecule has 1 aliphatic heterocycles. The van der Waals surface area contributed by atoms with Crippen LogP contribution >= 0.6 is 0 Å². The molecule has 1 amide bonds. The number of amides is 1. The molecule has 1 aliphatic rings. The predicted octanol–water partition coefficient (Wildman–Crippen LogP) is 5.25. The Kier molecular flexibility index (Phi) is 7.91. The highest BCUT2D eigenvalue weighted by Crippen LogP contribution is 2.20. The molecular formula is C25H36N4O2. The fourth-order valence-electron chi connectivity index (χ4n) is 3.83. The average molecular weight is 425 g/mol. The maximum absolute atomic E-state index is 12.1. The fraction of sp³-hybridized carbons (Fsp3) is 0.520. The SMILES string of the molecule is Cc1ccc(NC2CCN(CCCc3ccccc3NC(=O)OC(C)(C)C)CC2)nc1. The van der Waals surface area contributed by atoms with Gasteiger partial charge in [-0.2, -0.15) is 0 Å². The van der Waals surface area contributed by atoms with Crippen LogP contribution in [0, 0.1) is 6.92 Å². The zero-order valence-electron chi connectivity index (χ0n) is 19.3. The molecule has 2 N–H and O–H groups in total. The second kappa shape index (κ2) is 10.6. The molecule has 1 aromatic carbocycles. The summed E-state index contributed by atoms with van der Waals surface area (Å²) in [5, 5.41) is 6.46. The van der Waals surface area contributed by atoms with E-state index in [1.165, 1.54) is 5.56 Å². The Morgan fingerprint density at radius 1 is 1.16 bits per heavy atom. The summed E-state index contributed by atoms with van der Waals surface area (Å²) < 4.78 is 5.39. The van der Waals surface area contributed by atoms with Gasteiger partial charge in [0.05, 0.1) is 0 Å². The summed E-state index contributed by atoms with van der Waals surface area (Å²) in [5.41, 5.74) is 2.67. The zero-order valence-corrected chi connectivity index (χ0v) is 19.3. The highest BCUT2D eigenvalue weighted by atomic mass is 16.6. The second-order valence-corrected chi connectivity index (χ2v) is 9.37. The molecule has 0 atom stereocenters. The van der Waals surface area contributed by atoms with Crippen molar-refractivity contribution in [1.82, 2.24) is 9.88 Å². The Morgan fingerprint density at radius 3 is 2.58 bits per heavy atom. The first-order valence-electron chi connectivity index (χ1n) is 11.3. The highest BCUT2D eigenvalue weighted by Gasteiger charge is 2.20. The molecule has 6 heteroatoms. The summed E-state index contributed by atoms with van der Waals surface area (Å²) >= 11 is 0. The van der Waals surface area contributed by atoms with E-state index in [0.29, 0.717) is 6.04 Å². The van der Waals surface area contributed by atoms with Gasteiger partial charge in [0.2, 0.25) is 0 Å². The molecule has 1 aromatic heterocycles. The molecule has 0 radical (unpaired) electrons. The number of piperidine rings is 1. The van der Waals surface area contributed by atoms with Crippen LogP contribution in [0.5, 0.6) is 0 Å². The molecule has 0 spiro atoms. The summed E-state index contributed by atoms with van der Waals surface area (Å²) in [4.78, 5) is 19.1. The van der Waals surface area contributed by atoms with Gasteiger partial charge in [0.1, 0.15) is 11.4 Å². The molecule has 2 heterocycles. The third-order valence-corrected chi connectivity index (χ3v) is 5.42. The Bertz CT molecular complexity index is 837. The Hall–Kier alpha value is -2.60. The number of nitrogens with zero attached hydrogens (tertiary/aromatic N) is 2. The van der Waals surface area contributed by atoms with Gasteiger partial charge in [-0.1, -0.05) is 24.3 Å². The van der Waals surface area contributed by atoms with Crippen molar-refractivity contribution in [2.24, 2.45) is 0 Å². The number of nitrogens with one attached hydrogen (secondary N) is 2. The van der Waals surface area contributed by atoms with E-state index in [2.05, 4.69) is 45.6 Å². The average Bonchev–Trinajstić information content (AvgIpc) is 2.71. The van der Waals surface area contributed by atoms with Gasteiger partial charge in [-0.3, -0.25) is 5.32 Å². The molecule has 6 nitrogen and oxygen atoms in total. The van der Waals surface area contributed by atoms with E-state index >= 15 is 0 Å². The Balaban J connectivity index is 1.41. The van der Waals surface area contributed by atoms with Gasteiger partial charge in [0.25, 0.3) is 0 Å². The standard InChI is InChI=1S/C25H36N4O2/c1-19-11-12-23(26-18-19)27-21-13-16-29(17-14-21)15-7-9-20-8-5-6-10-22(20)28-24(30)31-25(2,3)4/h5-6,8,10-12,18,21H,7,9,13-17H2,1-4H3,(H,26,27)(H,28,30). The van der Waals surface area contributed by atoms with Crippen LogP contribution in [0.15, 0.2) is 42.6 Å². The van der Waals surface area contributed by atoms with Crippen LogP contribution in [-0.4, -0.2) is 47.3 Å². The van der Waals surface area contributed by atoms with E-state index in [1.54, 1.807) is 0 Å². The van der Waals surface area contributed by atoms with Gasteiger partial charge in [-0.25, -0.2) is 9.78 Å². The van der Waals surface area contributed by atoms with Crippen molar-refractivity contribution in [3.8, 4) is 0 Å². The van der Waals surface area contributed by atoms with Crippen LogP contribution in [-0.2, 0) is 11.2 Å². The Morgan fingerprint density at radius 2 is 1.90 bits per heavy atom. The molecule has 0 unspecified atom stereocenters. The first-order valence-corrected chi connectivity index (χ1v) is 11.3. The number of para-hydroxylation sites is 1. The van der Waals surface area contributed by atoms with Crippen LogP contribution in [0.3, 0.4) is 0 Å². The van der Waals surface area contributed by atoms with E-state index in [4.69, 9.17) is 4.74 Å². The predicted molar refractivity (Wildman–Crippen MR) is 127 cm³/mol. The van der Waals surface area contributed by atoms with Crippen LogP contribution in [0.25, 0.3) is 0 Å². The topological polar surface area (TPSA) is 66.5 Å². The quantitative estimate of drug-likeness (QED) is 0.636. The zero-order chi connectivity index (χ0) is 22.3. The number of aryl methyl sites for hydroxylation is 2. The van der Waals surface area contributed by atoms with Crippen molar-refractivity contribution in [1.29, 1.82) is 0 Å². The Labute approximate surface area is 186 Å². The largest absolute Gasteiger partial charge is 0.444 e. The van der Waals surface area contributed by atoms with Crippen molar-refractivity contribution >= 4 is 17.6 Å². The number of pyridine rings is 1. The number of carbonyl (C=O) groups excluding carboxylic acids is 1. The monoisotopic (exact) mass is 424 g/mol. The fourth-order valence-corrected chi connectivity index (χ4v) is 3.83. The maximum Gasteiger partial charge on any atom is 0.412 e. The molecular weight excluding hydrogens is 388 g/mol. The number of ether oxygens (including phenoxy) is 1. The maximum atomic E-state index is 12.1. The molecule has 168 valence electrons. The summed E-state index contributed by atoms with van der Waals surface area (Å²) in [6.45, 7) is 10.9. The van der Waals surface area contributed by atoms with Gasteiger partial charge < -0.3 is 15.0 Å².